The predicted octanol–water partition coefficient (Wildman–Crippen LogP) is 1.23. The van der Waals surface area contributed by atoms with Crippen molar-refractivity contribution in [3.05, 3.63) is 18.7 Å². The Morgan fingerprint density at radius 2 is 2.33 bits per heavy atom. The molecule has 9 heavy (non-hydrogen) atoms. The maximum atomic E-state index is 3.45. The molecule has 1 aromatic rings. The number of aryl methyl sites for hydroxylation is 1. The highest BCUT2D eigenvalue weighted by Crippen LogP contribution is 2.10. The summed E-state index contributed by atoms with van der Waals surface area (Å²) in [5, 5.41) is 0. The summed E-state index contributed by atoms with van der Waals surface area (Å²) in [5.41, 5.74) is 0. The molecule has 0 N–H and O–H groups in total. The minimum Gasteiger partial charge on any atom is -0.240 e. The predicted molar refractivity (Wildman–Crippen MR) is 39.2 cm³/mol. The molecule has 1 heterocycles. The van der Waals surface area contributed by atoms with E-state index in [1.54, 1.807) is 0 Å². The zero-order valence-corrected chi connectivity index (χ0v) is 7.17. The molecule has 1 atom stereocenters. The van der Waals surface area contributed by atoms with Gasteiger partial charge in [-0.3, -0.25) is 0 Å². The molecule has 1 unspecified atom stereocenters. The number of alkyl halides is 1. The summed E-state index contributed by atoms with van der Waals surface area (Å²) in [6.07, 6.45) is 6.07. The lowest BCUT2D eigenvalue weighted by atomic mass is 10.7. The molecule has 0 spiro atoms. The molecule has 0 fully saturated rings. The number of hydrogen-bond acceptors (Lipinski definition) is 0. The van der Waals surface area contributed by atoms with Gasteiger partial charge in [0.05, 0.1) is 7.05 Å². The molecular weight excluding hydrogens is 180 g/mol. The molecule has 1 rings (SSSR count). The SMILES string of the molecule is CC(Br)n1cc[n+](C)c1. The van der Waals surface area contributed by atoms with Gasteiger partial charge in [0.15, 0.2) is 4.95 Å². The molecule has 0 radical (unpaired) electrons. The molecule has 0 aliphatic rings. The molecule has 0 aromatic carbocycles. The topological polar surface area (TPSA) is 8.81 Å². The highest BCUT2D eigenvalue weighted by molar-refractivity contribution is 9.09. The third kappa shape index (κ3) is 1.55. The van der Waals surface area contributed by atoms with Gasteiger partial charge in [-0.15, -0.1) is 0 Å². The van der Waals surface area contributed by atoms with Crippen molar-refractivity contribution in [2.75, 3.05) is 0 Å². The number of aromatic nitrogens is 2. The van der Waals surface area contributed by atoms with Crippen LogP contribution in [0.15, 0.2) is 18.7 Å². The lowest BCUT2D eigenvalue weighted by Gasteiger charge is -1.93. The first-order valence-electron chi connectivity index (χ1n) is 2.87. The van der Waals surface area contributed by atoms with Crippen LogP contribution in [0.1, 0.15) is 11.9 Å². The van der Waals surface area contributed by atoms with Crippen molar-refractivity contribution >= 4 is 15.9 Å². The monoisotopic (exact) mass is 189 g/mol. The fraction of sp³-hybridized carbons (Fsp3) is 0.500. The maximum Gasteiger partial charge on any atom is 0.244 e. The van der Waals surface area contributed by atoms with Gasteiger partial charge in [0.25, 0.3) is 0 Å². The van der Waals surface area contributed by atoms with Crippen LogP contribution in [0.3, 0.4) is 0 Å². The van der Waals surface area contributed by atoms with Gasteiger partial charge in [0.2, 0.25) is 6.33 Å². The second-order valence-electron chi connectivity index (χ2n) is 2.10. The van der Waals surface area contributed by atoms with Crippen molar-refractivity contribution in [1.82, 2.24) is 4.57 Å². The van der Waals surface area contributed by atoms with Crippen LogP contribution in [0.25, 0.3) is 0 Å². The third-order valence-electron chi connectivity index (χ3n) is 1.20. The van der Waals surface area contributed by atoms with E-state index in [1.165, 1.54) is 0 Å². The van der Waals surface area contributed by atoms with Gasteiger partial charge < -0.3 is 0 Å². The van der Waals surface area contributed by atoms with E-state index in [-0.39, 0.29) is 0 Å². The Hall–Kier alpha value is -0.310. The first-order valence-corrected chi connectivity index (χ1v) is 3.78. The number of halogens is 1. The molecule has 0 amide bonds. The van der Waals surface area contributed by atoms with Crippen molar-refractivity contribution in [3.8, 4) is 0 Å². The molecule has 0 saturated heterocycles. The van der Waals surface area contributed by atoms with Crippen LogP contribution in [-0.4, -0.2) is 4.57 Å². The Kier molecular flexibility index (Phi) is 1.90. The third-order valence-corrected chi connectivity index (χ3v) is 1.67. The van der Waals surface area contributed by atoms with E-state index in [0.29, 0.717) is 4.95 Å². The maximum absolute atomic E-state index is 3.45. The fourth-order valence-electron chi connectivity index (χ4n) is 0.680. The van der Waals surface area contributed by atoms with Gasteiger partial charge in [0.1, 0.15) is 12.4 Å². The Morgan fingerprint density at radius 1 is 1.67 bits per heavy atom. The normalized spacial score (nSPS) is 13.7. The van der Waals surface area contributed by atoms with E-state index in [4.69, 9.17) is 0 Å². The van der Waals surface area contributed by atoms with Crippen LogP contribution in [0, 0.1) is 0 Å². The van der Waals surface area contributed by atoms with Gasteiger partial charge in [-0.05, 0) is 22.9 Å². The number of rotatable bonds is 1. The highest BCUT2D eigenvalue weighted by Gasteiger charge is 2.03. The first-order chi connectivity index (χ1) is 4.20. The van der Waals surface area contributed by atoms with Crippen molar-refractivity contribution < 1.29 is 4.57 Å². The van der Waals surface area contributed by atoms with Crippen molar-refractivity contribution in [2.24, 2.45) is 7.05 Å². The van der Waals surface area contributed by atoms with Crippen LogP contribution in [0.2, 0.25) is 0 Å². The molecule has 0 aliphatic heterocycles. The van der Waals surface area contributed by atoms with Crippen molar-refractivity contribution in [3.63, 3.8) is 0 Å². The summed E-state index contributed by atoms with van der Waals surface area (Å²) in [6.45, 7) is 2.08. The van der Waals surface area contributed by atoms with Crippen LogP contribution >= 0.6 is 15.9 Å². The summed E-state index contributed by atoms with van der Waals surface area (Å²) < 4.78 is 4.10. The molecule has 1 aromatic heterocycles. The average molecular weight is 190 g/mol. The summed E-state index contributed by atoms with van der Waals surface area (Å²) in [7, 11) is 2.01. The Balaban J connectivity index is 2.85. The van der Waals surface area contributed by atoms with Gasteiger partial charge in [-0.1, -0.05) is 0 Å². The summed E-state index contributed by atoms with van der Waals surface area (Å²) >= 11 is 3.45. The number of hydrogen-bond donors (Lipinski definition) is 0. The largest absolute Gasteiger partial charge is 0.244 e. The summed E-state index contributed by atoms with van der Waals surface area (Å²) in [5.74, 6) is 0. The van der Waals surface area contributed by atoms with Gasteiger partial charge in [-0.25, -0.2) is 9.13 Å². The molecular formula is C6H10BrN2+. The Labute approximate surface area is 63.2 Å². The average Bonchev–Trinajstić information content (AvgIpc) is 2.14. The van der Waals surface area contributed by atoms with E-state index in [9.17, 15) is 0 Å². The van der Waals surface area contributed by atoms with E-state index in [1.807, 2.05) is 30.3 Å². The van der Waals surface area contributed by atoms with E-state index < -0.39 is 0 Å². The van der Waals surface area contributed by atoms with Crippen molar-refractivity contribution in [2.45, 2.75) is 11.9 Å². The Bertz CT molecular complexity index is 193. The van der Waals surface area contributed by atoms with Crippen LogP contribution in [-0.2, 0) is 7.05 Å². The van der Waals surface area contributed by atoms with E-state index >= 15 is 0 Å². The highest BCUT2D eigenvalue weighted by atomic mass is 79.9. The molecule has 50 valence electrons. The minimum atomic E-state index is 0.388. The van der Waals surface area contributed by atoms with Crippen LogP contribution in [0.4, 0.5) is 0 Å². The van der Waals surface area contributed by atoms with Gasteiger partial charge in [-0.2, -0.15) is 0 Å². The molecule has 0 bridgehead atoms. The molecule has 2 nitrogen and oxygen atoms in total. The minimum absolute atomic E-state index is 0.388. The van der Waals surface area contributed by atoms with Gasteiger partial charge >= 0.3 is 0 Å². The Morgan fingerprint density at radius 3 is 2.56 bits per heavy atom. The molecule has 0 saturated carbocycles. The lowest BCUT2D eigenvalue weighted by molar-refractivity contribution is -0.671. The lowest BCUT2D eigenvalue weighted by Crippen LogP contribution is -2.23. The quantitative estimate of drug-likeness (QED) is 0.465. The van der Waals surface area contributed by atoms with E-state index in [2.05, 4.69) is 27.4 Å². The van der Waals surface area contributed by atoms with Gasteiger partial charge in [0, 0.05) is 0 Å². The zero-order valence-electron chi connectivity index (χ0n) is 5.58. The zero-order chi connectivity index (χ0) is 6.85. The standard InChI is InChI=1S/C6H10BrN2/c1-6(7)9-4-3-8(2)5-9/h3-6H,1-2H3/q+1. The van der Waals surface area contributed by atoms with E-state index in [0.717, 1.165) is 0 Å². The molecule has 3 heteroatoms. The fourth-order valence-corrected chi connectivity index (χ4v) is 0.922. The van der Waals surface area contributed by atoms with Crippen LogP contribution in [0.5, 0.6) is 0 Å². The second kappa shape index (κ2) is 2.52. The van der Waals surface area contributed by atoms with Crippen LogP contribution < -0.4 is 4.57 Å². The smallest absolute Gasteiger partial charge is 0.240 e. The number of nitrogens with zero attached hydrogens (tertiary/aromatic N) is 2. The second-order valence-corrected chi connectivity index (χ2v) is 3.43. The van der Waals surface area contributed by atoms with Crippen molar-refractivity contribution in [1.29, 1.82) is 0 Å². The number of imidazole rings is 1. The first kappa shape index (κ1) is 6.81. The summed E-state index contributed by atoms with van der Waals surface area (Å²) in [4.78, 5) is 0.388. The summed E-state index contributed by atoms with van der Waals surface area (Å²) in [6, 6.07) is 0. The molecule has 0 aliphatic carbocycles.